The van der Waals surface area contributed by atoms with Crippen molar-refractivity contribution in [2.75, 3.05) is 13.2 Å². The Hall–Kier alpha value is -0.340. The van der Waals surface area contributed by atoms with E-state index >= 15 is 0 Å². The Kier molecular flexibility index (Phi) is 1.96. The Morgan fingerprint density at radius 3 is 2.00 bits per heavy atom. The second-order valence-electron chi connectivity index (χ2n) is 3.27. The van der Waals surface area contributed by atoms with Gasteiger partial charge in [0.2, 0.25) is 0 Å². The highest BCUT2D eigenvalue weighted by molar-refractivity contribution is 5.06. The van der Waals surface area contributed by atoms with Crippen LogP contribution in [0.3, 0.4) is 0 Å². The molecule has 0 N–H and O–H groups in total. The van der Waals surface area contributed by atoms with E-state index in [-0.39, 0.29) is 0 Å². The van der Waals surface area contributed by atoms with E-state index < -0.39 is 0 Å². The number of hydrogen-bond acceptors (Lipinski definition) is 2. The first kappa shape index (κ1) is 7.32. The minimum atomic E-state index is 0.528. The maximum absolute atomic E-state index is 5.16. The Balaban J connectivity index is 1.74. The second-order valence-corrected chi connectivity index (χ2v) is 3.27. The molecule has 0 aromatic rings. The molecule has 0 aliphatic carbocycles. The van der Waals surface area contributed by atoms with E-state index in [0.29, 0.717) is 12.2 Å². The lowest BCUT2D eigenvalue weighted by atomic mass is 10.1. The van der Waals surface area contributed by atoms with Gasteiger partial charge in [-0.1, -0.05) is 11.6 Å². The van der Waals surface area contributed by atoms with E-state index in [4.69, 9.17) is 9.47 Å². The largest absolute Gasteiger partial charge is 0.373 e. The van der Waals surface area contributed by atoms with Gasteiger partial charge in [-0.2, -0.15) is 0 Å². The molecule has 2 heterocycles. The minimum Gasteiger partial charge on any atom is -0.373 e. The molecule has 0 aromatic carbocycles. The van der Waals surface area contributed by atoms with E-state index in [2.05, 4.69) is 13.0 Å². The molecular formula is C9H14O2. The average molecular weight is 154 g/mol. The lowest BCUT2D eigenvalue weighted by molar-refractivity contribution is 0.390. The van der Waals surface area contributed by atoms with Crippen LogP contribution in [-0.4, -0.2) is 25.4 Å². The molecule has 0 radical (unpaired) electrons. The summed E-state index contributed by atoms with van der Waals surface area (Å²) >= 11 is 0. The summed E-state index contributed by atoms with van der Waals surface area (Å²) in [4.78, 5) is 0. The van der Waals surface area contributed by atoms with Crippen LogP contribution in [0.2, 0.25) is 0 Å². The van der Waals surface area contributed by atoms with Gasteiger partial charge in [-0.3, -0.25) is 0 Å². The zero-order chi connectivity index (χ0) is 7.68. The SMILES string of the molecule is CC=C(CC1CO1)CC1CO1. The lowest BCUT2D eigenvalue weighted by Gasteiger charge is -2.00. The molecule has 2 nitrogen and oxygen atoms in total. The van der Waals surface area contributed by atoms with Gasteiger partial charge < -0.3 is 9.47 Å². The second kappa shape index (κ2) is 2.95. The molecule has 0 saturated carbocycles. The molecule has 0 amide bonds. The van der Waals surface area contributed by atoms with Gasteiger partial charge in [0.05, 0.1) is 25.4 Å². The van der Waals surface area contributed by atoms with Gasteiger partial charge in [0.15, 0.2) is 0 Å². The van der Waals surface area contributed by atoms with Crippen LogP contribution in [0, 0.1) is 0 Å². The summed E-state index contributed by atoms with van der Waals surface area (Å²) in [7, 11) is 0. The van der Waals surface area contributed by atoms with Gasteiger partial charge in [0.1, 0.15) is 0 Å². The van der Waals surface area contributed by atoms with Crippen LogP contribution in [0.5, 0.6) is 0 Å². The van der Waals surface area contributed by atoms with Crippen LogP contribution in [0.4, 0.5) is 0 Å². The fourth-order valence-electron chi connectivity index (χ4n) is 1.28. The summed E-state index contributed by atoms with van der Waals surface area (Å²) in [5.74, 6) is 0. The van der Waals surface area contributed by atoms with Crippen molar-refractivity contribution >= 4 is 0 Å². The molecule has 2 aliphatic rings. The van der Waals surface area contributed by atoms with Crippen molar-refractivity contribution in [3.63, 3.8) is 0 Å². The Labute approximate surface area is 67.2 Å². The highest BCUT2D eigenvalue weighted by Gasteiger charge is 2.28. The third kappa shape index (κ3) is 2.31. The molecule has 2 atom stereocenters. The molecule has 2 fully saturated rings. The van der Waals surface area contributed by atoms with Crippen molar-refractivity contribution in [3.05, 3.63) is 11.6 Å². The van der Waals surface area contributed by atoms with Crippen molar-refractivity contribution < 1.29 is 9.47 Å². The summed E-state index contributed by atoms with van der Waals surface area (Å²) in [5.41, 5.74) is 1.50. The predicted octanol–water partition coefficient (Wildman–Crippen LogP) is 1.51. The number of epoxide rings is 2. The lowest BCUT2D eigenvalue weighted by Crippen LogP contribution is -1.94. The van der Waals surface area contributed by atoms with E-state index in [1.54, 1.807) is 0 Å². The molecule has 2 unspecified atom stereocenters. The van der Waals surface area contributed by atoms with Crippen LogP contribution in [0.15, 0.2) is 11.6 Å². The van der Waals surface area contributed by atoms with E-state index in [1.165, 1.54) is 5.57 Å². The molecule has 2 saturated heterocycles. The zero-order valence-electron chi connectivity index (χ0n) is 6.88. The molecule has 2 aliphatic heterocycles. The topological polar surface area (TPSA) is 25.1 Å². The third-order valence-corrected chi connectivity index (χ3v) is 2.19. The van der Waals surface area contributed by atoms with Gasteiger partial charge in [0.25, 0.3) is 0 Å². The van der Waals surface area contributed by atoms with Gasteiger partial charge in [-0.05, 0) is 19.8 Å². The Bertz CT molecular complexity index is 150. The smallest absolute Gasteiger partial charge is 0.0846 e. The van der Waals surface area contributed by atoms with E-state index in [1.807, 2.05) is 0 Å². The van der Waals surface area contributed by atoms with E-state index in [9.17, 15) is 0 Å². The van der Waals surface area contributed by atoms with Gasteiger partial charge in [-0.25, -0.2) is 0 Å². The highest BCUT2D eigenvalue weighted by atomic mass is 16.6. The molecule has 0 spiro atoms. The fourth-order valence-corrected chi connectivity index (χ4v) is 1.28. The minimum absolute atomic E-state index is 0.528. The van der Waals surface area contributed by atoms with Crippen molar-refractivity contribution in [1.29, 1.82) is 0 Å². The van der Waals surface area contributed by atoms with Crippen molar-refractivity contribution in [2.45, 2.75) is 32.0 Å². The molecule has 2 rings (SSSR count). The first-order valence-corrected chi connectivity index (χ1v) is 4.25. The Morgan fingerprint density at radius 2 is 1.73 bits per heavy atom. The number of ether oxygens (including phenoxy) is 2. The van der Waals surface area contributed by atoms with E-state index in [0.717, 1.165) is 26.1 Å². The van der Waals surface area contributed by atoms with Crippen LogP contribution in [-0.2, 0) is 9.47 Å². The van der Waals surface area contributed by atoms with Crippen LogP contribution >= 0.6 is 0 Å². The van der Waals surface area contributed by atoms with Gasteiger partial charge in [0, 0.05) is 0 Å². The Morgan fingerprint density at radius 1 is 1.27 bits per heavy atom. The average Bonchev–Trinajstić information content (AvgIpc) is 2.78. The first-order chi connectivity index (χ1) is 5.38. The summed E-state index contributed by atoms with van der Waals surface area (Å²) < 4.78 is 10.3. The summed E-state index contributed by atoms with van der Waals surface area (Å²) in [6.07, 6.45) is 5.50. The molecule has 2 heteroatoms. The molecule has 0 aromatic heterocycles. The van der Waals surface area contributed by atoms with Crippen LogP contribution in [0.1, 0.15) is 19.8 Å². The normalized spacial score (nSPS) is 33.2. The zero-order valence-corrected chi connectivity index (χ0v) is 6.88. The molecule has 0 bridgehead atoms. The van der Waals surface area contributed by atoms with Crippen molar-refractivity contribution in [2.24, 2.45) is 0 Å². The summed E-state index contributed by atoms with van der Waals surface area (Å²) in [5, 5.41) is 0. The van der Waals surface area contributed by atoms with Crippen molar-refractivity contribution in [3.8, 4) is 0 Å². The van der Waals surface area contributed by atoms with Crippen LogP contribution < -0.4 is 0 Å². The highest BCUT2D eigenvalue weighted by Crippen LogP contribution is 2.26. The standard InChI is InChI=1S/C9H14O2/c1-2-7(3-8-5-10-8)4-9-6-11-9/h2,8-9H,3-6H2,1H3. The summed E-state index contributed by atoms with van der Waals surface area (Å²) in [6, 6.07) is 0. The number of rotatable bonds is 4. The summed E-state index contributed by atoms with van der Waals surface area (Å²) in [6.45, 7) is 4.02. The predicted molar refractivity (Wildman–Crippen MR) is 42.5 cm³/mol. The molecule has 62 valence electrons. The van der Waals surface area contributed by atoms with Crippen molar-refractivity contribution in [1.82, 2.24) is 0 Å². The monoisotopic (exact) mass is 154 g/mol. The quantitative estimate of drug-likeness (QED) is 0.453. The maximum Gasteiger partial charge on any atom is 0.0846 e. The van der Waals surface area contributed by atoms with Gasteiger partial charge in [-0.15, -0.1) is 0 Å². The fraction of sp³-hybridized carbons (Fsp3) is 0.778. The maximum atomic E-state index is 5.16. The van der Waals surface area contributed by atoms with Gasteiger partial charge >= 0.3 is 0 Å². The van der Waals surface area contributed by atoms with Crippen LogP contribution in [0.25, 0.3) is 0 Å². The molecule has 11 heavy (non-hydrogen) atoms. The third-order valence-electron chi connectivity index (χ3n) is 2.19. The first-order valence-electron chi connectivity index (χ1n) is 4.25. The number of allylic oxidation sites excluding steroid dienone is 1. The number of hydrogen-bond donors (Lipinski definition) is 0. The molecular weight excluding hydrogens is 140 g/mol.